The van der Waals surface area contributed by atoms with E-state index >= 15 is 0 Å². The molecular weight excluding hydrogens is 173 g/mol. The van der Waals surface area contributed by atoms with Crippen LogP contribution in [0.2, 0.25) is 0 Å². The maximum absolute atomic E-state index is 11.1. The van der Waals surface area contributed by atoms with E-state index in [4.69, 9.17) is 13.7 Å². The summed E-state index contributed by atoms with van der Waals surface area (Å²) in [5.41, 5.74) is 0. The standard InChI is InChI=1S/C4H4NO5P/c6-3-1-2-5-4(3)8-11(7,9-4)10-5/h1-2H2. The number of ketones is 1. The predicted molar refractivity (Wildman–Crippen MR) is 29.9 cm³/mol. The molecule has 0 atom stereocenters. The zero-order valence-electron chi connectivity index (χ0n) is 5.35. The van der Waals surface area contributed by atoms with E-state index in [1.165, 1.54) is 5.06 Å². The topological polar surface area (TPSA) is 65.1 Å². The Labute approximate surface area is 61.6 Å². The van der Waals surface area contributed by atoms with Crippen molar-refractivity contribution in [1.29, 1.82) is 0 Å². The van der Waals surface area contributed by atoms with Crippen LogP contribution in [0.25, 0.3) is 0 Å². The Balaban J connectivity index is 2.10. The first-order chi connectivity index (χ1) is 5.15. The molecule has 4 aliphatic rings. The minimum atomic E-state index is -3.32. The number of hydroxylamine groups is 2. The van der Waals surface area contributed by atoms with Gasteiger partial charge in [-0.15, -0.1) is 5.06 Å². The molecule has 1 spiro atoms. The molecule has 4 fully saturated rings. The molecule has 0 amide bonds. The quantitative estimate of drug-likeness (QED) is 0.486. The fourth-order valence-electron chi connectivity index (χ4n) is 1.40. The van der Waals surface area contributed by atoms with Crippen LogP contribution in [0, 0.1) is 0 Å². The van der Waals surface area contributed by atoms with Gasteiger partial charge in [0.2, 0.25) is 5.78 Å². The maximum Gasteiger partial charge on any atom is 0.499 e. The molecule has 4 rings (SSSR count). The molecule has 2 bridgehead atoms. The second-order valence-corrected chi connectivity index (χ2v) is 3.99. The minimum Gasteiger partial charge on any atom is -0.292 e. The molecule has 0 aromatic carbocycles. The molecule has 7 heteroatoms. The molecule has 4 aliphatic heterocycles. The molecule has 0 unspecified atom stereocenters. The van der Waals surface area contributed by atoms with Crippen molar-refractivity contribution in [2.75, 3.05) is 6.54 Å². The van der Waals surface area contributed by atoms with Gasteiger partial charge in [0.15, 0.2) is 0 Å². The molecule has 4 saturated heterocycles. The van der Waals surface area contributed by atoms with Crippen molar-refractivity contribution in [1.82, 2.24) is 5.06 Å². The van der Waals surface area contributed by atoms with E-state index in [1.54, 1.807) is 0 Å². The fourth-order valence-corrected chi connectivity index (χ4v) is 2.90. The summed E-state index contributed by atoms with van der Waals surface area (Å²) in [6, 6.07) is 0. The molecule has 11 heavy (non-hydrogen) atoms. The average Bonchev–Trinajstić information content (AvgIpc) is 2.37. The van der Waals surface area contributed by atoms with Crippen molar-refractivity contribution in [2.24, 2.45) is 0 Å². The maximum atomic E-state index is 11.1. The van der Waals surface area contributed by atoms with Gasteiger partial charge in [-0.2, -0.15) is 4.62 Å². The highest BCUT2D eigenvalue weighted by Crippen LogP contribution is 2.74. The fraction of sp³-hybridized carbons (Fsp3) is 0.750. The van der Waals surface area contributed by atoms with Gasteiger partial charge >= 0.3 is 13.7 Å². The van der Waals surface area contributed by atoms with Crippen molar-refractivity contribution in [3.05, 3.63) is 0 Å². The Morgan fingerprint density at radius 3 is 2.91 bits per heavy atom. The van der Waals surface area contributed by atoms with Crippen LogP contribution in [0.3, 0.4) is 0 Å². The summed E-state index contributed by atoms with van der Waals surface area (Å²) in [6.45, 7) is 0.392. The number of hydrogen-bond donors (Lipinski definition) is 0. The summed E-state index contributed by atoms with van der Waals surface area (Å²) in [5.74, 6) is -1.64. The number of nitrogens with zero attached hydrogens (tertiary/aromatic N) is 1. The highest BCUT2D eigenvalue weighted by Gasteiger charge is 2.76. The van der Waals surface area contributed by atoms with Crippen LogP contribution in [0.1, 0.15) is 6.42 Å². The molecule has 6 nitrogen and oxygen atoms in total. The first-order valence-corrected chi connectivity index (χ1v) is 4.63. The largest absolute Gasteiger partial charge is 0.499 e. The van der Waals surface area contributed by atoms with Crippen LogP contribution in [0.15, 0.2) is 0 Å². The number of rotatable bonds is 0. The lowest BCUT2D eigenvalue weighted by Gasteiger charge is -2.29. The van der Waals surface area contributed by atoms with Gasteiger partial charge in [0.25, 0.3) is 0 Å². The molecule has 0 aliphatic carbocycles. The van der Waals surface area contributed by atoms with E-state index in [2.05, 4.69) is 0 Å². The van der Waals surface area contributed by atoms with E-state index in [1.807, 2.05) is 0 Å². The Morgan fingerprint density at radius 1 is 1.55 bits per heavy atom. The minimum absolute atomic E-state index is 0.221. The van der Waals surface area contributed by atoms with Gasteiger partial charge in [-0.3, -0.25) is 4.79 Å². The molecule has 0 aromatic rings. The highest BCUT2D eigenvalue weighted by atomic mass is 31.2. The molecule has 60 valence electrons. The lowest BCUT2D eigenvalue weighted by molar-refractivity contribution is -0.242. The first-order valence-electron chi connectivity index (χ1n) is 3.17. The van der Waals surface area contributed by atoms with Crippen molar-refractivity contribution in [3.8, 4) is 0 Å². The lowest BCUT2D eigenvalue weighted by Crippen LogP contribution is -2.48. The summed E-state index contributed by atoms with van der Waals surface area (Å²) in [5, 5.41) is 1.20. The number of phosphoric ester groups is 1. The number of Topliss-reactive ketones (excluding diaryl/α,β-unsaturated/α-hetero) is 1. The van der Waals surface area contributed by atoms with Gasteiger partial charge in [0, 0.05) is 13.0 Å². The molecule has 4 heterocycles. The van der Waals surface area contributed by atoms with Crippen molar-refractivity contribution in [3.63, 3.8) is 0 Å². The first kappa shape index (κ1) is 6.28. The summed E-state index contributed by atoms with van der Waals surface area (Å²) in [4.78, 5) is 11.1. The Morgan fingerprint density at radius 2 is 2.27 bits per heavy atom. The smallest absolute Gasteiger partial charge is 0.292 e. The second-order valence-electron chi connectivity index (χ2n) is 2.57. The average molecular weight is 177 g/mol. The third kappa shape index (κ3) is 0.513. The molecule has 0 aromatic heterocycles. The van der Waals surface area contributed by atoms with E-state index in [0.717, 1.165) is 0 Å². The molecule has 0 saturated carbocycles. The zero-order valence-corrected chi connectivity index (χ0v) is 6.24. The van der Waals surface area contributed by atoms with Crippen LogP contribution in [0.5, 0.6) is 0 Å². The summed E-state index contributed by atoms with van der Waals surface area (Å²) in [7, 11) is -3.32. The van der Waals surface area contributed by atoms with Crippen LogP contribution >= 0.6 is 7.82 Å². The van der Waals surface area contributed by atoms with Crippen molar-refractivity contribution < 1.29 is 23.0 Å². The number of phosphoric acid groups is 1. The van der Waals surface area contributed by atoms with Crippen molar-refractivity contribution >= 4 is 13.6 Å². The van der Waals surface area contributed by atoms with Crippen LogP contribution in [0.4, 0.5) is 0 Å². The van der Waals surface area contributed by atoms with Crippen LogP contribution in [-0.2, 0) is 23.0 Å². The third-order valence-corrected chi connectivity index (χ3v) is 3.23. The molecule has 0 radical (unpaired) electrons. The van der Waals surface area contributed by atoms with Crippen molar-refractivity contribution in [2.45, 2.75) is 12.3 Å². The summed E-state index contributed by atoms with van der Waals surface area (Å²) in [6.07, 6.45) is 0.319. The van der Waals surface area contributed by atoms with E-state index < -0.39 is 13.7 Å². The van der Waals surface area contributed by atoms with Gasteiger partial charge in [-0.05, 0) is 0 Å². The highest BCUT2D eigenvalue weighted by molar-refractivity contribution is 7.50. The number of hydrogen-bond acceptors (Lipinski definition) is 6. The van der Waals surface area contributed by atoms with Gasteiger partial charge < -0.3 is 0 Å². The van der Waals surface area contributed by atoms with Gasteiger partial charge in [-0.25, -0.2) is 13.6 Å². The van der Waals surface area contributed by atoms with Gasteiger partial charge in [0.1, 0.15) is 0 Å². The number of carbonyl (C=O) groups excluding carboxylic acids is 1. The zero-order chi connectivity index (χ0) is 7.69. The van der Waals surface area contributed by atoms with E-state index in [0.29, 0.717) is 13.0 Å². The van der Waals surface area contributed by atoms with Crippen LogP contribution in [-0.4, -0.2) is 23.3 Å². The Hall–Kier alpha value is -0.260. The van der Waals surface area contributed by atoms with E-state index in [9.17, 15) is 9.36 Å². The normalized spacial score (nSPS) is 54.4. The summed E-state index contributed by atoms with van der Waals surface area (Å²) >= 11 is 0. The molecule has 0 N–H and O–H groups in total. The lowest BCUT2D eigenvalue weighted by atomic mass is 10.3. The molecular formula is C4H4NO5P. The van der Waals surface area contributed by atoms with E-state index in [-0.39, 0.29) is 5.78 Å². The second kappa shape index (κ2) is 1.44. The van der Waals surface area contributed by atoms with Crippen LogP contribution < -0.4 is 0 Å². The van der Waals surface area contributed by atoms with Gasteiger partial charge in [-0.1, -0.05) is 0 Å². The summed E-state index contributed by atoms with van der Waals surface area (Å²) < 4.78 is 25.2. The monoisotopic (exact) mass is 177 g/mol. The number of carbonyl (C=O) groups is 1. The Bertz CT molecular complexity index is 291. The SMILES string of the molecule is O=C1CCN2OP3(=O)OC12O3. The Kier molecular flexibility index (Phi) is 0.821. The predicted octanol–water partition coefficient (Wildman–Crippen LogP) is 0.0151. The third-order valence-electron chi connectivity index (χ3n) is 1.89. The van der Waals surface area contributed by atoms with Gasteiger partial charge in [0.05, 0.1) is 0 Å².